The maximum Gasteiger partial charge on any atom is 0.416 e. The Balaban J connectivity index is 1.36. The molecule has 1 heterocycles. The second-order valence-electron chi connectivity index (χ2n) is 12.2. The number of hydrogen-bond donors (Lipinski definition) is 0. The summed E-state index contributed by atoms with van der Waals surface area (Å²) in [4.78, 5) is 30.8. The molecule has 242 valence electrons. The zero-order chi connectivity index (χ0) is 32.5. The SMILES string of the molecule is CCCOC(=O)CC(C)(CCCN1CCC(N(CC)C(=O)c2ccccc2-c2ccc(C(F)(F)F)cc2)CC1)c1ccccc1. The number of amides is 1. The smallest absolute Gasteiger partial charge is 0.416 e. The Hall–Kier alpha value is -3.65. The highest BCUT2D eigenvalue weighted by atomic mass is 19.4. The van der Waals surface area contributed by atoms with Crippen LogP contribution < -0.4 is 0 Å². The minimum absolute atomic E-state index is 0.0855. The van der Waals surface area contributed by atoms with E-state index >= 15 is 0 Å². The van der Waals surface area contributed by atoms with Gasteiger partial charge in [0.15, 0.2) is 0 Å². The van der Waals surface area contributed by atoms with Crippen LogP contribution in [0.5, 0.6) is 0 Å². The highest BCUT2D eigenvalue weighted by Crippen LogP contribution is 2.35. The summed E-state index contributed by atoms with van der Waals surface area (Å²) in [5.41, 5.74) is 1.84. The molecule has 0 spiro atoms. The second kappa shape index (κ2) is 15.6. The van der Waals surface area contributed by atoms with E-state index in [0.717, 1.165) is 69.4 Å². The van der Waals surface area contributed by atoms with Crippen molar-refractivity contribution < 1.29 is 27.5 Å². The number of alkyl halides is 3. The predicted molar refractivity (Wildman–Crippen MR) is 172 cm³/mol. The summed E-state index contributed by atoms with van der Waals surface area (Å²) in [6.07, 6.45) is 0.234. The minimum Gasteiger partial charge on any atom is -0.466 e. The third-order valence-electron chi connectivity index (χ3n) is 8.96. The largest absolute Gasteiger partial charge is 0.466 e. The highest BCUT2D eigenvalue weighted by molar-refractivity contribution is 6.01. The Labute approximate surface area is 265 Å². The molecule has 1 atom stereocenters. The number of nitrogens with zero attached hydrogens (tertiary/aromatic N) is 2. The first-order valence-electron chi connectivity index (χ1n) is 16.1. The predicted octanol–water partition coefficient (Wildman–Crippen LogP) is 8.38. The summed E-state index contributed by atoms with van der Waals surface area (Å²) in [5.74, 6) is -0.256. The number of rotatable bonds is 13. The Morgan fingerprint density at radius 2 is 1.53 bits per heavy atom. The summed E-state index contributed by atoms with van der Waals surface area (Å²) >= 11 is 0. The van der Waals surface area contributed by atoms with Crippen LogP contribution in [0.3, 0.4) is 0 Å². The molecule has 4 rings (SSSR count). The van der Waals surface area contributed by atoms with Gasteiger partial charge in [-0.25, -0.2) is 0 Å². The molecule has 3 aromatic rings. The van der Waals surface area contributed by atoms with Gasteiger partial charge in [-0.15, -0.1) is 0 Å². The fraction of sp³-hybridized carbons (Fsp3) is 0.459. The second-order valence-corrected chi connectivity index (χ2v) is 12.2. The number of carbonyl (C=O) groups excluding carboxylic acids is 2. The molecule has 1 unspecified atom stereocenters. The molecule has 1 fully saturated rings. The lowest BCUT2D eigenvalue weighted by Gasteiger charge is -2.39. The minimum atomic E-state index is -4.41. The molecule has 0 aliphatic carbocycles. The number of carbonyl (C=O) groups is 2. The molecule has 0 saturated carbocycles. The maximum atomic E-state index is 13.8. The zero-order valence-corrected chi connectivity index (χ0v) is 26.6. The lowest BCUT2D eigenvalue weighted by molar-refractivity contribution is -0.145. The van der Waals surface area contributed by atoms with Crippen LogP contribution in [0.15, 0.2) is 78.9 Å². The summed E-state index contributed by atoms with van der Waals surface area (Å²) in [7, 11) is 0. The first-order valence-corrected chi connectivity index (χ1v) is 16.1. The Morgan fingerprint density at radius 3 is 2.16 bits per heavy atom. The van der Waals surface area contributed by atoms with Crippen molar-refractivity contribution in [2.75, 3.05) is 32.8 Å². The van der Waals surface area contributed by atoms with E-state index in [0.29, 0.717) is 36.3 Å². The van der Waals surface area contributed by atoms with Gasteiger partial charge in [0, 0.05) is 36.7 Å². The molecule has 3 aromatic carbocycles. The van der Waals surface area contributed by atoms with Gasteiger partial charge >= 0.3 is 12.1 Å². The van der Waals surface area contributed by atoms with Crippen LogP contribution in [0.25, 0.3) is 11.1 Å². The Bertz CT molecular complexity index is 1390. The number of halogens is 3. The maximum absolute atomic E-state index is 13.8. The molecule has 0 N–H and O–H groups in total. The highest BCUT2D eigenvalue weighted by Gasteiger charge is 2.33. The molecule has 1 amide bonds. The molecule has 45 heavy (non-hydrogen) atoms. The quantitative estimate of drug-likeness (QED) is 0.180. The molecule has 8 heteroatoms. The molecule has 5 nitrogen and oxygen atoms in total. The van der Waals surface area contributed by atoms with E-state index in [1.807, 2.05) is 36.9 Å². The molecular formula is C37H45F3N2O3. The molecule has 1 aliphatic heterocycles. The van der Waals surface area contributed by atoms with E-state index in [1.165, 1.54) is 12.1 Å². The fourth-order valence-electron chi connectivity index (χ4n) is 6.39. The van der Waals surface area contributed by atoms with Gasteiger partial charge in [0.05, 0.1) is 18.6 Å². The van der Waals surface area contributed by atoms with Crippen LogP contribution in [0.2, 0.25) is 0 Å². The van der Waals surface area contributed by atoms with Gasteiger partial charge in [-0.3, -0.25) is 9.59 Å². The fourth-order valence-corrected chi connectivity index (χ4v) is 6.39. The van der Waals surface area contributed by atoms with Gasteiger partial charge < -0.3 is 14.5 Å². The van der Waals surface area contributed by atoms with Gasteiger partial charge in [-0.2, -0.15) is 13.2 Å². The summed E-state index contributed by atoms with van der Waals surface area (Å²) in [5, 5.41) is 0. The van der Waals surface area contributed by atoms with E-state index < -0.39 is 11.7 Å². The van der Waals surface area contributed by atoms with Crippen molar-refractivity contribution in [1.29, 1.82) is 0 Å². The monoisotopic (exact) mass is 622 g/mol. The van der Waals surface area contributed by atoms with E-state index in [-0.39, 0.29) is 23.3 Å². The van der Waals surface area contributed by atoms with Crippen LogP contribution >= 0.6 is 0 Å². The Kier molecular flexibility index (Phi) is 11.8. The molecule has 0 aromatic heterocycles. The number of piperidine rings is 1. The molecule has 0 bridgehead atoms. The third kappa shape index (κ3) is 8.97. The van der Waals surface area contributed by atoms with Crippen LogP contribution in [0.4, 0.5) is 13.2 Å². The van der Waals surface area contributed by atoms with Gasteiger partial charge in [-0.05, 0) is 80.5 Å². The van der Waals surface area contributed by atoms with Crippen LogP contribution in [0, 0.1) is 0 Å². The van der Waals surface area contributed by atoms with Crippen molar-refractivity contribution >= 4 is 11.9 Å². The van der Waals surface area contributed by atoms with Crippen LogP contribution in [0.1, 0.15) is 80.8 Å². The zero-order valence-electron chi connectivity index (χ0n) is 26.6. The molecular weight excluding hydrogens is 577 g/mol. The van der Waals surface area contributed by atoms with Crippen LogP contribution in [-0.4, -0.2) is 60.5 Å². The van der Waals surface area contributed by atoms with E-state index in [1.54, 1.807) is 24.3 Å². The average molecular weight is 623 g/mol. The van der Waals surface area contributed by atoms with Gasteiger partial charge in [-0.1, -0.05) is 74.5 Å². The van der Waals surface area contributed by atoms with E-state index in [9.17, 15) is 22.8 Å². The lowest BCUT2D eigenvalue weighted by Crippen LogP contribution is -2.47. The van der Waals surface area contributed by atoms with Gasteiger partial charge in [0.25, 0.3) is 5.91 Å². The summed E-state index contributed by atoms with van der Waals surface area (Å²) < 4.78 is 44.8. The lowest BCUT2D eigenvalue weighted by atomic mass is 9.76. The normalized spacial score (nSPS) is 15.8. The first-order chi connectivity index (χ1) is 21.6. The first kappa shape index (κ1) is 34.2. The molecule has 1 aliphatic rings. The average Bonchev–Trinajstić information content (AvgIpc) is 3.05. The van der Waals surface area contributed by atoms with Gasteiger partial charge in [0.2, 0.25) is 0 Å². The topological polar surface area (TPSA) is 49.9 Å². The van der Waals surface area contributed by atoms with Crippen molar-refractivity contribution in [3.05, 3.63) is 95.6 Å². The van der Waals surface area contributed by atoms with Crippen molar-refractivity contribution in [2.45, 2.75) is 76.9 Å². The number of likely N-dealkylation sites (tertiary alicyclic amines) is 1. The number of ether oxygens (including phenoxy) is 1. The summed E-state index contributed by atoms with van der Waals surface area (Å²) in [6.45, 7) is 9.76. The van der Waals surface area contributed by atoms with E-state index in [4.69, 9.17) is 4.74 Å². The number of hydrogen-bond acceptors (Lipinski definition) is 4. The number of esters is 1. The van der Waals surface area contributed by atoms with Crippen molar-refractivity contribution in [1.82, 2.24) is 9.80 Å². The number of benzene rings is 3. The third-order valence-corrected chi connectivity index (χ3v) is 8.96. The van der Waals surface area contributed by atoms with Gasteiger partial charge in [0.1, 0.15) is 0 Å². The van der Waals surface area contributed by atoms with E-state index in [2.05, 4.69) is 24.0 Å². The van der Waals surface area contributed by atoms with Crippen molar-refractivity contribution in [3.8, 4) is 11.1 Å². The van der Waals surface area contributed by atoms with Crippen molar-refractivity contribution in [3.63, 3.8) is 0 Å². The van der Waals surface area contributed by atoms with Crippen LogP contribution in [-0.2, 0) is 21.1 Å². The molecule has 1 saturated heterocycles. The molecule has 0 radical (unpaired) electrons. The summed E-state index contributed by atoms with van der Waals surface area (Å²) in [6, 6.07) is 22.4. The Morgan fingerprint density at radius 1 is 0.889 bits per heavy atom. The van der Waals surface area contributed by atoms with Crippen molar-refractivity contribution in [2.24, 2.45) is 0 Å². The standard InChI is InChI=1S/C37H45F3N2O3/c1-4-26-45-34(43)27-36(3,29-12-7-6-8-13-29)22-11-23-41-24-20-31(21-25-41)42(5-2)35(44)33-15-10-9-14-32(33)28-16-18-30(19-17-28)37(38,39)40/h6-10,12-19,31H,4-5,11,20-27H2,1-3H3.